The molecule has 0 unspecified atom stereocenters. The Hall–Kier alpha value is -1.30. The van der Waals surface area contributed by atoms with E-state index in [2.05, 4.69) is 9.72 Å². The van der Waals surface area contributed by atoms with Crippen molar-refractivity contribution in [3.8, 4) is 5.75 Å². The molecule has 0 spiro atoms. The SMILES string of the molecule is O=Cc1ncc(Cl)cc1OC(F)(F)F. The van der Waals surface area contributed by atoms with Gasteiger partial charge in [-0.1, -0.05) is 11.6 Å². The van der Waals surface area contributed by atoms with Gasteiger partial charge in [-0.25, -0.2) is 4.98 Å². The van der Waals surface area contributed by atoms with E-state index < -0.39 is 17.8 Å². The molecule has 14 heavy (non-hydrogen) atoms. The summed E-state index contributed by atoms with van der Waals surface area (Å²) in [4.78, 5) is 13.6. The molecule has 7 heteroatoms. The fourth-order valence-corrected chi connectivity index (χ4v) is 0.874. The minimum Gasteiger partial charge on any atom is -0.403 e. The second kappa shape index (κ2) is 3.83. The molecule has 0 aliphatic rings. The lowest BCUT2D eigenvalue weighted by molar-refractivity contribution is -0.274. The first-order valence-electron chi connectivity index (χ1n) is 3.29. The van der Waals surface area contributed by atoms with Crippen LogP contribution in [0.1, 0.15) is 10.5 Å². The fraction of sp³-hybridized carbons (Fsp3) is 0.143. The normalized spacial score (nSPS) is 11.1. The van der Waals surface area contributed by atoms with Crippen LogP contribution in [0, 0.1) is 0 Å². The van der Waals surface area contributed by atoms with Gasteiger partial charge in [0.2, 0.25) is 0 Å². The largest absolute Gasteiger partial charge is 0.573 e. The molecule has 0 fully saturated rings. The average Bonchev–Trinajstić information content (AvgIpc) is 2.01. The predicted octanol–water partition coefficient (Wildman–Crippen LogP) is 2.45. The van der Waals surface area contributed by atoms with E-state index in [9.17, 15) is 18.0 Å². The van der Waals surface area contributed by atoms with Crippen molar-refractivity contribution in [3.05, 3.63) is 23.0 Å². The molecule has 0 radical (unpaired) electrons. The summed E-state index contributed by atoms with van der Waals surface area (Å²) in [7, 11) is 0. The Kier molecular flexibility index (Phi) is 2.95. The fourth-order valence-electron chi connectivity index (χ4n) is 0.726. The molecule has 1 heterocycles. The van der Waals surface area contributed by atoms with Gasteiger partial charge >= 0.3 is 6.36 Å². The van der Waals surface area contributed by atoms with E-state index in [4.69, 9.17) is 11.6 Å². The van der Waals surface area contributed by atoms with Crippen LogP contribution < -0.4 is 4.74 Å². The van der Waals surface area contributed by atoms with Crippen LogP contribution in [0.15, 0.2) is 12.3 Å². The molecule has 0 N–H and O–H groups in total. The minimum atomic E-state index is -4.87. The number of pyridine rings is 1. The number of rotatable bonds is 2. The van der Waals surface area contributed by atoms with E-state index in [1.807, 2.05) is 0 Å². The number of carbonyl (C=O) groups excluding carboxylic acids is 1. The first kappa shape index (κ1) is 10.8. The summed E-state index contributed by atoms with van der Waals surface area (Å²) in [5, 5.41) is -0.0464. The minimum absolute atomic E-state index is 0.0464. The summed E-state index contributed by atoms with van der Waals surface area (Å²) in [6, 6.07) is 0.867. The number of halogens is 4. The van der Waals surface area contributed by atoms with Gasteiger partial charge in [0.15, 0.2) is 12.0 Å². The zero-order valence-corrected chi connectivity index (χ0v) is 7.26. The van der Waals surface area contributed by atoms with Gasteiger partial charge in [0.05, 0.1) is 5.02 Å². The van der Waals surface area contributed by atoms with Crippen LogP contribution in [-0.2, 0) is 0 Å². The number of ether oxygens (including phenoxy) is 1. The number of alkyl halides is 3. The highest BCUT2D eigenvalue weighted by atomic mass is 35.5. The molecule has 0 bridgehead atoms. The molecule has 0 amide bonds. The van der Waals surface area contributed by atoms with Crippen molar-refractivity contribution in [2.75, 3.05) is 0 Å². The highest BCUT2D eigenvalue weighted by Crippen LogP contribution is 2.26. The zero-order valence-electron chi connectivity index (χ0n) is 6.51. The molecule has 0 saturated heterocycles. The van der Waals surface area contributed by atoms with Gasteiger partial charge in [-0.05, 0) is 0 Å². The molecule has 1 aromatic rings. The highest BCUT2D eigenvalue weighted by molar-refractivity contribution is 6.30. The van der Waals surface area contributed by atoms with E-state index in [1.165, 1.54) is 0 Å². The maximum absolute atomic E-state index is 11.8. The lowest BCUT2D eigenvalue weighted by Crippen LogP contribution is -2.18. The van der Waals surface area contributed by atoms with Crippen molar-refractivity contribution in [3.63, 3.8) is 0 Å². The second-order valence-electron chi connectivity index (χ2n) is 2.20. The topological polar surface area (TPSA) is 39.2 Å². The summed E-state index contributed by atoms with van der Waals surface area (Å²) in [5.74, 6) is -0.708. The van der Waals surface area contributed by atoms with Crippen LogP contribution in [0.3, 0.4) is 0 Å². The van der Waals surface area contributed by atoms with E-state index in [-0.39, 0.29) is 11.3 Å². The Morgan fingerprint density at radius 1 is 1.50 bits per heavy atom. The number of aldehydes is 1. The monoisotopic (exact) mass is 225 g/mol. The van der Waals surface area contributed by atoms with E-state index in [0.29, 0.717) is 0 Å². The summed E-state index contributed by atoms with van der Waals surface area (Å²) < 4.78 is 38.9. The molecule has 0 aromatic carbocycles. The molecule has 0 aliphatic carbocycles. The van der Waals surface area contributed by atoms with Crippen LogP contribution in [0.4, 0.5) is 13.2 Å². The average molecular weight is 226 g/mol. The van der Waals surface area contributed by atoms with Gasteiger partial charge in [0.25, 0.3) is 0 Å². The molecule has 1 aromatic heterocycles. The van der Waals surface area contributed by atoms with Gasteiger partial charge in [-0.2, -0.15) is 0 Å². The van der Waals surface area contributed by atoms with Crippen molar-refractivity contribution >= 4 is 17.9 Å². The van der Waals surface area contributed by atoms with Crippen LogP contribution in [0.25, 0.3) is 0 Å². The first-order chi connectivity index (χ1) is 6.42. The van der Waals surface area contributed by atoms with Crippen LogP contribution in [0.5, 0.6) is 5.75 Å². The van der Waals surface area contributed by atoms with Gasteiger partial charge < -0.3 is 4.74 Å². The maximum atomic E-state index is 11.8. The van der Waals surface area contributed by atoms with Gasteiger partial charge in [0, 0.05) is 12.3 Å². The van der Waals surface area contributed by atoms with Crippen molar-refractivity contribution < 1.29 is 22.7 Å². The molecule has 0 saturated carbocycles. The smallest absolute Gasteiger partial charge is 0.403 e. The summed E-state index contributed by atoms with van der Waals surface area (Å²) in [6.07, 6.45) is -3.67. The summed E-state index contributed by atoms with van der Waals surface area (Å²) in [6.45, 7) is 0. The molecule has 3 nitrogen and oxygen atoms in total. The third kappa shape index (κ3) is 2.88. The number of nitrogens with zero attached hydrogens (tertiary/aromatic N) is 1. The van der Waals surface area contributed by atoms with Crippen molar-refractivity contribution in [2.45, 2.75) is 6.36 Å². The van der Waals surface area contributed by atoms with Crippen LogP contribution in [0.2, 0.25) is 5.02 Å². The quantitative estimate of drug-likeness (QED) is 0.726. The maximum Gasteiger partial charge on any atom is 0.573 e. The first-order valence-corrected chi connectivity index (χ1v) is 3.66. The van der Waals surface area contributed by atoms with Gasteiger partial charge in [0.1, 0.15) is 5.69 Å². The number of hydrogen-bond donors (Lipinski definition) is 0. The second-order valence-corrected chi connectivity index (χ2v) is 2.64. The molecule has 1 rings (SSSR count). The van der Waals surface area contributed by atoms with Crippen molar-refractivity contribution in [1.82, 2.24) is 4.98 Å². The Morgan fingerprint density at radius 2 is 2.14 bits per heavy atom. The Balaban J connectivity index is 3.05. The van der Waals surface area contributed by atoms with Crippen LogP contribution >= 0.6 is 11.6 Å². The van der Waals surface area contributed by atoms with E-state index in [0.717, 1.165) is 12.3 Å². The third-order valence-electron chi connectivity index (χ3n) is 1.19. The van der Waals surface area contributed by atoms with E-state index in [1.54, 1.807) is 0 Å². The highest BCUT2D eigenvalue weighted by Gasteiger charge is 2.32. The Morgan fingerprint density at radius 3 is 2.64 bits per heavy atom. The Bertz CT molecular complexity index is 353. The van der Waals surface area contributed by atoms with Crippen molar-refractivity contribution in [1.29, 1.82) is 0 Å². The lowest BCUT2D eigenvalue weighted by atomic mass is 10.3. The molecule has 0 atom stereocenters. The zero-order chi connectivity index (χ0) is 10.8. The number of carbonyl (C=O) groups is 1. The standard InChI is InChI=1S/C7H3ClF3NO2/c8-4-1-6(14-7(9,10)11)5(3-13)12-2-4/h1-3H. The number of aromatic nitrogens is 1. The van der Waals surface area contributed by atoms with Crippen LogP contribution in [-0.4, -0.2) is 17.6 Å². The molecule has 76 valence electrons. The van der Waals surface area contributed by atoms with Gasteiger partial charge in [-0.3, -0.25) is 4.79 Å². The van der Waals surface area contributed by atoms with Gasteiger partial charge in [-0.15, -0.1) is 13.2 Å². The lowest BCUT2D eigenvalue weighted by Gasteiger charge is -2.09. The molecule has 0 aliphatic heterocycles. The summed E-state index contributed by atoms with van der Waals surface area (Å²) in [5.41, 5.74) is -0.452. The molecular formula is C7H3ClF3NO2. The van der Waals surface area contributed by atoms with Crippen molar-refractivity contribution in [2.24, 2.45) is 0 Å². The Labute approximate surface area is 81.5 Å². The molecular weight excluding hydrogens is 223 g/mol. The third-order valence-corrected chi connectivity index (χ3v) is 1.39. The predicted molar refractivity (Wildman–Crippen MR) is 41.3 cm³/mol. The van der Waals surface area contributed by atoms with E-state index >= 15 is 0 Å². The number of hydrogen-bond acceptors (Lipinski definition) is 3. The summed E-state index contributed by atoms with van der Waals surface area (Å²) >= 11 is 5.38.